The van der Waals surface area contributed by atoms with E-state index in [9.17, 15) is 4.39 Å². The fourth-order valence-corrected chi connectivity index (χ4v) is 2.77. The summed E-state index contributed by atoms with van der Waals surface area (Å²) in [6.45, 7) is 11.6. The van der Waals surface area contributed by atoms with Crippen molar-refractivity contribution >= 4 is 5.69 Å². The van der Waals surface area contributed by atoms with Gasteiger partial charge >= 0.3 is 0 Å². The van der Waals surface area contributed by atoms with E-state index < -0.39 is 0 Å². The van der Waals surface area contributed by atoms with Crippen molar-refractivity contribution in [2.75, 3.05) is 50.7 Å². The lowest BCUT2D eigenvalue weighted by Crippen LogP contribution is -2.36. The fourth-order valence-electron chi connectivity index (χ4n) is 2.77. The lowest BCUT2D eigenvalue weighted by atomic mass is 10.2. The molecule has 20 heavy (non-hydrogen) atoms. The molecule has 1 aromatic carbocycles. The number of benzene rings is 1. The third-order valence-electron chi connectivity index (χ3n) is 4.10. The molecule has 0 aromatic heterocycles. The lowest BCUT2D eigenvalue weighted by Gasteiger charge is -2.21. The first-order valence-electron chi connectivity index (χ1n) is 7.71. The Bertz CT molecular complexity index is 418. The molecule has 112 valence electrons. The Morgan fingerprint density at radius 1 is 1.25 bits per heavy atom. The summed E-state index contributed by atoms with van der Waals surface area (Å²) in [4.78, 5) is 4.69. The molecular weight excluding hydrogens is 253 g/mol. The second kappa shape index (κ2) is 7.60. The standard InChI is InChI=1S/C16H26FN3/c1-3-19(4-2)11-8-18-9-12-20-10-7-14-5-6-15(17)13-16(14)20/h5-6,13,18H,3-4,7-12H2,1-2H3. The highest BCUT2D eigenvalue weighted by Gasteiger charge is 2.18. The van der Waals surface area contributed by atoms with Crippen molar-refractivity contribution in [1.29, 1.82) is 0 Å². The van der Waals surface area contributed by atoms with E-state index in [1.165, 1.54) is 5.56 Å². The maximum absolute atomic E-state index is 13.3. The molecule has 0 saturated carbocycles. The van der Waals surface area contributed by atoms with Crippen molar-refractivity contribution in [1.82, 2.24) is 10.2 Å². The third kappa shape index (κ3) is 3.93. The first-order valence-corrected chi connectivity index (χ1v) is 7.71. The molecule has 0 unspecified atom stereocenters. The topological polar surface area (TPSA) is 18.5 Å². The molecule has 0 atom stereocenters. The molecule has 1 aromatic rings. The number of likely N-dealkylation sites (N-methyl/N-ethyl adjacent to an activating group) is 1. The molecule has 4 heteroatoms. The summed E-state index contributed by atoms with van der Waals surface area (Å²) in [5.74, 6) is -0.134. The molecule has 1 aliphatic heterocycles. The van der Waals surface area contributed by atoms with Gasteiger partial charge < -0.3 is 15.1 Å². The van der Waals surface area contributed by atoms with Crippen molar-refractivity contribution in [2.45, 2.75) is 20.3 Å². The van der Waals surface area contributed by atoms with Gasteiger partial charge in [-0.1, -0.05) is 19.9 Å². The number of nitrogens with zero attached hydrogens (tertiary/aromatic N) is 2. The Balaban J connectivity index is 1.70. The van der Waals surface area contributed by atoms with Crippen LogP contribution in [-0.4, -0.2) is 50.7 Å². The van der Waals surface area contributed by atoms with E-state index in [0.29, 0.717) is 0 Å². The van der Waals surface area contributed by atoms with Crippen LogP contribution >= 0.6 is 0 Å². The number of halogens is 1. The monoisotopic (exact) mass is 279 g/mol. The van der Waals surface area contributed by atoms with E-state index >= 15 is 0 Å². The second-order valence-electron chi connectivity index (χ2n) is 5.29. The van der Waals surface area contributed by atoms with Gasteiger partial charge in [0.15, 0.2) is 0 Å². The number of rotatable bonds is 8. The Hall–Kier alpha value is -1.13. The van der Waals surface area contributed by atoms with Crippen LogP contribution in [0.3, 0.4) is 0 Å². The van der Waals surface area contributed by atoms with Gasteiger partial charge in [-0.2, -0.15) is 0 Å². The van der Waals surface area contributed by atoms with Gasteiger partial charge in [-0.05, 0) is 37.2 Å². The normalized spacial score (nSPS) is 14.1. The van der Waals surface area contributed by atoms with E-state index in [-0.39, 0.29) is 5.82 Å². The maximum atomic E-state index is 13.3. The van der Waals surface area contributed by atoms with Gasteiger partial charge in [0, 0.05) is 38.4 Å². The zero-order valence-corrected chi connectivity index (χ0v) is 12.7. The van der Waals surface area contributed by atoms with Crippen LogP contribution in [0.2, 0.25) is 0 Å². The van der Waals surface area contributed by atoms with E-state index in [2.05, 4.69) is 29.0 Å². The minimum absolute atomic E-state index is 0.134. The predicted molar refractivity (Wildman–Crippen MR) is 83.0 cm³/mol. The first-order chi connectivity index (χ1) is 9.74. The molecule has 0 radical (unpaired) electrons. The summed E-state index contributed by atoms with van der Waals surface area (Å²) in [7, 11) is 0. The first kappa shape index (κ1) is 15.3. The molecule has 0 aliphatic carbocycles. The third-order valence-corrected chi connectivity index (χ3v) is 4.10. The second-order valence-corrected chi connectivity index (χ2v) is 5.29. The smallest absolute Gasteiger partial charge is 0.125 e. The van der Waals surface area contributed by atoms with Gasteiger partial charge in [0.25, 0.3) is 0 Å². The summed E-state index contributed by atoms with van der Waals surface area (Å²) in [5, 5.41) is 3.48. The number of hydrogen-bond acceptors (Lipinski definition) is 3. The van der Waals surface area contributed by atoms with Crippen LogP contribution in [0.5, 0.6) is 0 Å². The lowest BCUT2D eigenvalue weighted by molar-refractivity contribution is 0.303. The Morgan fingerprint density at radius 2 is 2.05 bits per heavy atom. The minimum Gasteiger partial charge on any atom is -0.370 e. The number of fused-ring (bicyclic) bond motifs is 1. The van der Waals surface area contributed by atoms with Crippen molar-refractivity contribution in [3.8, 4) is 0 Å². The molecule has 2 rings (SSSR count). The molecule has 0 saturated heterocycles. The SMILES string of the molecule is CCN(CC)CCNCCN1CCc2ccc(F)cc21. The van der Waals surface area contributed by atoms with Crippen molar-refractivity contribution in [3.05, 3.63) is 29.6 Å². The van der Waals surface area contributed by atoms with Crippen molar-refractivity contribution in [2.24, 2.45) is 0 Å². The zero-order valence-electron chi connectivity index (χ0n) is 12.7. The maximum Gasteiger partial charge on any atom is 0.125 e. The predicted octanol–water partition coefficient (Wildman–Crippen LogP) is 2.12. The largest absolute Gasteiger partial charge is 0.370 e. The quantitative estimate of drug-likeness (QED) is 0.735. The Morgan fingerprint density at radius 3 is 2.80 bits per heavy atom. The van der Waals surface area contributed by atoms with Crippen molar-refractivity contribution in [3.63, 3.8) is 0 Å². The van der Waals surface area contributed by atoms with Crippen molar-refractivity contribution < 1.29 is 4.39 Å². The van der Waals surface area contributed by atoms with Crippen LogP contribution in [0.25, 0.3) is 0 Å². The average molecular weight is 279 g/mol. The van der Waals surface area contributed by atoms with Crippen LogP contribution in [0.1, 0.15) is 19.4 Å². The Kier molecular flexibility index (Phi) is 5.80. The summed E-state index contributed by atoms with van der Waals surface area (Å²) in [6.07, 6.45) is 1.04. The van der Waals surface area contributed by atoms with E-state index in [4.69, 9.17) is 0 Å². The van der Waals surface area contributed by atoms with E-state index in [1.807, 2.05) is 6.07 Å². The van der Waals surface area contributed by atoms with E-state index in [1.54, 1.807) is 12.1 Å². The van der Waals surface area contributed by atoms with Gasteiger partial charge in [0.05, 0.1) is 0 Å². The van der Waals surface area contributed by atoms with Crippen LogP contribution in [0, 0.1) is 5.82 Å². The summed E-state index contributed by atoms with van der Waals surface area (Å²) in [6, 6.07) is 5.14. The highest BCUT2D eigenvalue weighted by molar-refractivity contribution is 5.58. The summed E-state index contributed by atoms with van der Waals surface area (Å²) < 4.78 is 13.3. The zero-order chi connectivity index (χ0) is 14.4. The van der Waals surface area contributed by atoms with Gasteiger partial charge in [-0.15, -0.1) is 0 Å². The van der Waals surface area contributed by atoms with Gasteiger partial charge in [-0.3, -0.25) is 0 Å². The number of hydrogen-bond donors (Lipinski definition) is 1. The summed E-state index contributed by atoms with van der Waals surface area (Å²) in [5.41, 5.74) is 2.35. The minimum atomic E-state index is -0.134. The van der Waals surface area contributed by atoms with Gasteiger partial charge in [0.2, 0.25) is 0 Å². The van der Waals surface area contributed by atoms with Crippen LogP contribution < -0.4 is 10.2 Å². The molecular formula is C16H26FN3. The highest BCUT2D eigenvalue weighted by Crippen LogP contribution is 2.27. The van der Waals surface area contributed by atoms with Gasteiger partial charge in [-0.25, -0.2) is 4.39 Å². The number of nitrogens with one attached hydrogen (secondary N) is 1. The average Bonchev–Trinajstić information content (AvgIpc) is 2.85. The Labute approximate surface area is 121 Å². The molecule has 3 nitrogen and oxygen atoms in total. The van der Waals surface area contributed by atoms with E-state index in [0.717, 1.165) is 57.9 Å². The molecule has 0 amide bonds. The molecule has 1 heterocycles. The van der Waals surface area contributed by atoms with Crippen LogP contribution in [0.15, 0.2) is 18.2 Å². The van der Waals surface area contributed by atoms with Gasteiger partial charge in [0.1, 0.15) is 5.82 Å². The summed E-state index contributed by atoms with van der Waals surface area (Å²) >= 11 is 0. The highest BCUT2D eigenvalue weighted by atomic mass is 19.1. The van der Waals surface area contributed by atoms with Crippen LogP contribution in [-0.2, 0) is 6.42 Å². The molecule has 1 aliphatic rings. The molecule has 0 bridgehead atoms. The number of anilines is 1. The molecule has 0 fully saturated rings. The fraction of sp³-hybridized carbons (Fsp3) is 0.625. The van der Waals surface area contributed by atoms with Crippen LogP contribution in [0.4, 0.5) is 10.1 Å². The molecule has 0 spiro atoms. The molecule has 1 N–H and O–H groups in total.